The van der Waals surface area contributed by atoms with Crippen LogP contribution in [0.3, 0.4) is 0 Å². The Labute approximate surface area is 243 Å². The first-order valence-corrected chi connectivity index (χ1v) is 14.5. The molecule has 214 valence electrons. The molecular formula is C33H41ClN2O4. The van der Waals surface area contributed by atoms with Crippen molar-refractivity contribution >= 4 is 23.4 Å². The average molecular weight is 565 g/mol. The topological polar surface area (TPSA) is 67.9 Å². The fourth-order valence-corrected chi connectivity index (χ4v) is 4.55. The summed E-state index contributed by atoms with van der Waals surface area (Å²) in [6.45, 7) is 9.22. The number of nitrogens with one attached hydrogen (secondary N) is 1. The van der Waals surface area contributed by atoms with Crippen molar-refractivity contribution in [3.63, 3.8) is 0 Å². The number of ether oxygens (including phenoxy) is 2. The summed E-state index contributed by atoms with van der Waals surface area (Å²) in [7, 11) is 0. The molecule has 3 rings (SSSR count). The quantitative estimate of drug-likeness (QED) is 0.225. The van der Waals surface area contributed by atoms with Gasteiger partial charge in [-0.05, 0) is 74.6 Å². The van der Waals surface area contributed by atoms with E-state index in [9.17, 15) is 9.59 Å². The van der Waals surface area contributed by atoms with Crippen molar-refractivity contribution in [1.82, 2.24) is 10.2 Å². The van der Waals surface area contributed by atoms with Gasteiger partial charge in [-0.3, -0.25) is 9.59 Å². The number of halogens is 1. The van der Waals surface area contributed by atoms with Gasteiger partial charge in [0, 0.05) is 30.5 Å². The molecule has 1 N–H and O–H groups in total. The van der Waals surface area contributed by atoms with Crippen LogP contribution in [0.4, 0.5) is 0 Å². The number of rotatable bonds is 15. The van der Waals surface area contributed by atoms with Crippen LogP contribution in [-0.4, -0.2) is 42.0 Å². The minimum Gasteiger partial charge on any atom is -0.490 e. The van der Waals surface area contributed by atoms with Gasteiger partial charge in [0.15, 0.2) is 11.5 Å². The lowest BCUT2D eigenvalue weighted by Gasteiger charge is -2.32. The molecule has 7 heteroatoms. The van der Waals surface area contributed by atoms with Crippen LogP contribution in [0.1, 0.15) is 57.2 Å². The summed E-state index contributed by atoms with van der Waals surface area (Å²) < 4.78 is 11.5. The molecular weight excluding hydrogens is 524 g/mol. The lowest BCUT2D eigenvalue weighted by molar-refractivity contribution is -0.141. The van der Waals surface area contributed by atoms with Gasteiger partial charge < -0.3 is 19.7 Å². The van der Waals surface area contributed by atoms with Crippen molar-refractivity contribution in [2.45, 2.75) is 72.0 Å². The van der Waals surface area contributed by atoms with Gasteiger partial charge in [0.25, 0.3) is 0 Å². The molecule has 0 aliphatic heterocycles. The van der Waals surface area contributed by atoms with E-state index in [4.69, 9.17) is 21.1 Å². The second-order valence-electron chi connectivity index (χ2n) is 9.82. The van der Waals surface area contributed by atoms with Gasteiger partial charge in [-0.15, -0.1) is 0 Å². The average Bonchev–Trinajstić information content (AvgIpc) is 2.96. The van der Waals surface area contributed by atoms with Crippen molar-refractivity contribution in [3.8, 4) is 11.5 Å². The van der Waals surface area contributed by atoms with Crippen LogP contribution in [0.2, 0.25) is 5.02 Å². The van der Waals surface area contributed by atoms with Crippen LogP contribution in [0, 0.1) is 0 Å². The summed E-state index contributed by atoms with van der Waals surface area (Å²) in [5, 5.41) is 3.73. The summed E-state index contributed by atoms with van der Waals surface area (Å²) >= 11 is 6.12. The molecule has 0 aromatic heterocycles. The van der Waals surface area contributed by atoms with Crippen LogP contribution in [0.5, 0.6) is 11.5 Å². The molecule has 40 heavy (non-hydrogen) atoms. The molecule has 0 bridgehead atoms. The van der Waals surface area contributed by atoms with E-state index in [2.05, 4.69) is 5.32 Å². The van der Waals surface area contributed by atoms with Gasteiger partial charge in [-0.25, -0.2) is 0 Å². The lowest BCUT2D eigenvalue weighted by atomic mass is 10.0. The highest BCUT2D eigenvalue weighted by atomic mass is 35.5. The third-order valence-electron chi connectivity index (χ3n) is 6.77. The van der Waals surface area contributed by atoms with E-state index in [1.54, 1.807) is 17.0 Å². The number of aryl methyl sites for hydroxylation is 1. The number of amides is 2. The maximum absolute atomic E-state index is 13.9. The number of nitrogens with zero attached hydrogens (tertiary/aromatic N) is 1. The highest BCUT2D eigenvalue weighted by molar-refractivity contribution is 6.30. The maximum Gasteiger partial charge on any atom is 0.243 e. The molecule has 0 saturated carbocycles. The molecule has 0 heterocycles. The van der Waals surface area contributed by atoms with E-state index in [1.807, 2.05) is 88.4 Å². The van der Waals surface area contributed by atoms with Crippen LogP contribution >= 0.6 is 11.6 Å². The second-order valence-corrected chi connectivity index (χ2v) is 10.3. The molecule has 3 aromatic carbocycles. The Morgan fingerprint density at radius 3 is 2.15 bits per heavy atom. The Kier molecular flexibility index (Phi) is 12.4. The lowest BCUT2D eigenvalue weighted by Crippen LogP contribution is -2.52. The highest BCUT2D eigenvalue weighted by Crippen LogP contribution is 2.29. The molecule has 0 saturated heterocycles. The van der Waals surface area contributed by atoms with Gasteiger partial charge in [0.05, 0.1) is 13.2 Å². The molecule has 0 aliphatic carbocycles. The number of carbonyl (C=O) groups is 2. The monoisotopic (exact) mass is 564 g/mol. The van der Waals surface area contributed by atoms with Crippen molar-refractivity contribution in [3.05, 3.63) is 94.5 Å². The van der Waals surface area contributed by atoms with Gasteiger partial charge >= 0.3 is 0 Å². The first kappa shape index (κ1) is 31.0. The molecule has 0 aliphatic rings. The number of benzene rings is 3. The van der Waals surface area contributed by atoms with E-state index in [-0.39, 0.29) is 24.3 Å². The van der Waals surface area contributed by atoms with Crippen molar-refractivity contribution in [1.29, 1.82) is 0 Å². The first-order chi connectivity index (χ1) is 19.3. The Balaban J connectivity index is 1.90. The van der Waals surface area contributed by atoms with Crippen LogP contribution in [0.15, 0.2) is 72.8 Å². The number of carbonyl (C=O) groups excluding carboxylic acids is 2. The molecule has 0 spiro atoms. The summed E-state index contributed by atoms with van der Waals surface area (Å²) in [5.41, 5.74) is 2.87. The third kappa shape index (κ3) is 9.30. The van der Waals surface area contributed by atoms with E-state index in [0.717, 1.165) is 23.1 Å². The molecule has 2 amide bonds. The van der Waals surface area contributed by atoms with Crippen LogP contribution < -0.4 is 14.8 Å². The van der Waals surface area contributed by atoms with Crippen molar-refractivity contribution in [2.75, 3.05) is 13.2 Å². The smallest absolute Gasteiger partial charge is 0.243 e. The normalized spacial score (nSPS) is 12.3. The van der Waals surface area contributed by atoms with Gasteiger partial charge in [-0.1, -0.05) is 67.1 Å². The highest BCUT2D eigenvalue weighted by Gasteiger charge is 2.30. The Morgan fingerprint density at radius 2 is 1.50 bits per heavy atom. The molecule has 3 aromatic rings. The molecule has 0 radical (unpaired) electrons. The van der Waals surface area contributed by atoms with E-state index in [0.29, 0.717) is 49.1 Å². The summed E-state index contributed by atoms with van der Waals surface area (Å²) in [5.74, 6) is 1.11. The molecule has 2 atom stereocenters. The number of hydrogen-bond donors (Lipinski definition) is 1. The molecule has 6 nitrogen and oxygen atoms in total. The SMILES string of the molecule is CCOc1ccc(CCC(=O)N(Cc2ccc(Cl)cc2)[C@H](Cc2ccccc2)C(=O)N[C@H](C)CC)cc1OCC. The van der Waals surface area contributed by atoms with E-state index >= 15 is 0 Å². The standard InChI is InChI=1S/C33H41ClN2O4/c1-5-24(4)35-33(38)29(21-25-11-9-8-10-12-25)36(23-27-13-17-28(34)18-14-27)32(37)20-16-26-15-19-30(39-6-2)31(22-26)40-7-3/h8-15,17-19,22,24,29H,5-7,16,20-21,23H2,1-4H3,(H,35,38)/t24-,29-/m1/s1. The predicted octanol–water partition coefficient (Wildman–Crippen LogP) is 6.62. The summed E-state index contributed by atoms with van der Waals surface area (Å²) in [6.07, 6.45) is 1.97. The number of hydrogen-bond acceptors (Lipinski definition) is 4. The molecule has 0 fully saturated rings. The predicted molar refractivity (Wildman–Crippen MR) is 161 cm³/mol. The van der Waals surface area contributed by atoms with Crippen molar-refractivity contribution < 1.29 is 19.1 Å². The fourth-order valence-electron chi connectivity index (χ4n) is 4.43. The minimum absolute atomic E-state index is 0.000835. The minimum atomic E-state index is -0.668. The zero-order valence-electron chi connectivity index (χ0n) is 24.0. The Bertz CT molecular complexity index is 1220. The first-order valence-electron chi connectivity index (χ1n) is 14.1. The van der Waals surface area contributed by atoms with Crippen LogP contribution in [-0.2, 0) is 29.0 Å². The van der Waals surface area contributed by atoms with Gasteiger partial charge in [0.1, 0.15) is 6.04 Å². The Morgan fingerprint density at radius 1 is 0.850 bits per heavy atom. The largest absolute Gasteiger partial charge is 0.490 e. The third-order valence-corrected chi connectivity index (χ3v) is 7.03. The maximum atomic E-state index is 13.9. The Hall–Kier alpha value is -3.51. The summed E-state index contributed by atoms with van der Waals surface area (Å²) in [6, 6.07) is 22.3. The fraction of sp³-hybridized carbons (Fsp3) is 0.394. The van der Waals surface area contributed by atoms with Gasteiger partial charge in [-0.2, -0.15) is 0 Å². The molecule has 0 unspecified atom stereocenters. The summed E-state index contributed by atoms with van der Waals surface area (Å²) in [4.78, 5) is 29.3. The van der Waals surface area contributed by atoms with Crippen LogP contribution in [0.25, 0.3) is 0 Å². The second kappa shape index (κ2) is 15.9. The zero-order valence-corrected chi connectivity index (χ0v) is 24.7. The van der Waals surface area contributed by atoms with E-state index < -0.39 is 6.04 Å². The zero-order chi connectivity index (χ0) is 28.9. The van der Waals surface area contributed by atoms with Gasteiger partial charge in [0.2, 0.25) is 11.8 Å². The van der Waals surface area contributed by atoms with E-state index in [1.165, 1.54) is 0 Å². The van der Waals surface area contributed by atoms with Crippen molar-refractivity contribution in [2.24, 2.45) is 0 Å².